The molecule has 4 rings (SSSR count). The van der Waals surface area contributed by atoms with Gasteiger partial charge in [-0.2, -0.15) is 0 Å². The SMILES string of the molecule is CCN1CCN(C(=O)C2CC=C(c3ccc(OCC4CCN(C(=O)O)CC4)cc3)CC2)CC1. The standard InChI is InChI=1S/C26H37N3O4/c1-2-27-15-17-28(18-16-27)25(30)23-5-3-21(4-6-23)22-7-9-24(10-8-22)33-19-20-11-13-29(14-12-20)26(31)32/h3,7-10,20,23H,2,4-6,11-19H2,1H3,(H,31,32). The van der Waals surface area contributed by atoms with Crippen molar-refractivity contribution in [3.05, 3.63) is 35.9 Å². The molecule has 1 atom stereocenters. The van der Waals surface area contributed by atoms with Crippen LogP contribution in [-0.4, -0.2) is 84.2 Å². The van der Waals surface area contributed by atoms with E-state index in [1.807, 2.05) is 12.1 Å². The zero-order valence-electron chi connectivity index (χ0n) is 19.7. The van der Waals surface area contributed by atoms with Crippen molar-refractivity contribution in [1.82, 2.24) is 14.7 Å². The molecule has 2 aliphatic heterocycles. The van der Waals surface area contributed by atoms with Gasteiger partial charge in [-0.3, -0.25) is 4.79 Å². The summed E-state index contributed by atoms with van der Waals surface area (Å²) in [6, 6.07) is 8.26. The van der Waals surface area contributed by atoms with E-state index in [2.05, 4.69) is 34.9 Å². The molecule has 1 aromatic carbocycles. The van der Waals surface area contributed by atoms with Crippen molar-refractivity contribution < 1.29 is 19.4 Å². The molecule has 0 aromatic heterocycles. The van der Waals surface area contributed by atoms with Gasteiger partial charge in [-0.05, 0) is 67.8 Å². The quantitative estimate of drug-likeness (QED) is 0.706. The van der Waals surface area contributed by atoms with E-state index >= 15 is 0 Å². The highest BCUT2D eigenvalue weighted by atomic mass is 16.5. The summed E-state index contributed by atoms with van der Waals surface area (Å²) < 4.78 is 5.98. The minimum absolute atomic E-state index is 0.122. The van der Waals surface area contributed by atoms with Crippen LogP contribution < -0.4 is 4.74 Å². The average molecular weight is 456 g/mol. The van der Waals surface area contributed by atoms with Crippen molar-refractivity contribution in [3.63, 3.8) is 0 Å². The van der Waals surface area contributed by atoms with Crippen LogP contribution in [0.2, 0.25) is 0 Å². The van der Waals surface area contributed by atoms with Crippen LogP contribution in [0.25, 0.3) is 5.57 Å². The summed E-state index contributed by atoms with van der Waals surface area (Å²) in [7, 11) is 0. The third-order valence-electron chi connectivity index (χ3n) is 7.49. The largest absolute Gasteiger partial charge is 0.493 e. The highest BCUT2D eigenvalue weighted by molar-refractivity contribution is 5.81. The Bertz CT molecular complexity index is 838. The average Bonchev–Trinajstić information content (AvgIpc) is 2.88. The van der Waals surface area contributed by atoms with Crippen LogP contribution >= 0.6 is 0 Å². The summed E-state index contributed by atoms with van der Waals surface area (Å²) >= 11 is 0. The molecule has 1 aromatic rings. The smallest absolute Gasteiger partial charge is 0.407 e. The summed E-state index contributed by atoms with van der Waals surface area (Å²) in [5.74, 6) is 1.71. The summed E-state index contributed by atoms with van der Waals surface area (Å²) in [6.45, 7) is 8.76. The first-order valence-corrected chi connectivity index (χ1v) is 12.4. The van der Waals surface area contributed by atoms with Gasteiger partial charge in [-0.1, -0.05) is 25.1 Å². The molecule has 7 heteroatoms. The van der Waals surface area contributed by atoms with Crippen LogP contribution in [0.3, 0.4) is 0 Å². The van der Waals surface area contributed by atoms with Gasteiger partial charge in [-0.25, -0.2) is 4.79 Å². The van der Waals surface area contributed by atoms with E-state index < -0.39 is 6.09 Å². The predicted molar refractivity (Wildman–Crippen MR) is 128 cm³/mol. The van der Waals surface area contributed by atoms with Crippen LogP contribution in [0.5, 0.6) is 5.75 Å². The number of allylic oxidation sites excluding steroid dienone is 2. The molecule has 33 heavy (non-hydrogen) atoms. The molecule has 0 saturated carbocycles. The van der Waals surface area contributed by atoms with Gasteiger partial charge in [0.25, 0.3) is 0 Å². The van der Waals surface area contributed by atoms with E-state index in [0.29, 0.717) is 31.5 Å². The normalized spacial score (nSPS) is 22.7. The molecule has 0 spiro atoms. The number of piperazine rings is 1. The fraction of sp³-hybridized carbons (Fsp3) is 0.615. The van der Waals surface area contributed by atoms with Gasteiger partial charge < -0.3 is 24.5 Å². The lowest BCUT2D eigenvalue weighted by molar-refractivity contribution is -0.137. The summed E-state index contributed by atoms with van der Waals surface area (Å²) in [5.41, 5.74) is 2.53. The Morgan fingerprint density at radius 2 is 1.67 bits per heavy atom. The summed E-state index contributed by atoms with van der Waals surface area (Å²) in [5, 5.41) is 9.05. The van der Waals surface area contributed by atoms with Crippen molar-refractivity contribution in [3.8, 4) is 5.75 Å². The van der Waals surface area contributed by atoms with Gasteiger partial charge in [0.1, 0.15) is 5.75 Å². The number of amides is 2. The molecule has 1 N–H and O–H groups in total. The molecule has 1 aliphatic carbocycles. The van der Waals surface area contributed by atoms with E-state index in [9.17, 15) is 9.59 Å². The first-order valence-electron chi connectivity index (χ1n) is 12.4. The maximum atomic E-state index is 12.9. The zero-order chi connectivity index (χ0) is 23.2. The first-order chi connectivity index (χ1) is 16.0. The number of nitrogens with zero attached hydrogens (tertiary/aromatic N) is 3. The molecule has 1 unspecified atom stereocenters. The van der Waals surface area contributed by atoms with Gasteiger partial charge >= 0.3 is 6.09 Å². The second-order valence-corrected chi connectivity index (χ2v) is 9.51. The maximum Gasteiger partial charge on any atom is 0.407 e. The lowest BCUT2D eigenvalue weighted by Gasteiger charge is -2.36. The zero-order valence-corrected chi connectivity index (χ0v) is 19.7. The van der Waals surface area contributed by atoms with Crippen molar-refractivity contribution in [2.24, 2.45) is 11.8 Å². The van der Waals surface area contributed by atoms with Crippen LogP contribution in [0, 0.1) is 11.8 Å². The number of hydrogen-bond donors (Lipinski definition) is 1. The molecule has 180 valence electrons. The third-order valence-corrected chi connectivity index (χ3v) is 7.49. The highest BCUT2D eigenvalue weighted by Gasteiger charge is 2.28. The predicted octanol–water partition coefficient (Wildman–Crippen LogP) is 3.80. The number of likely N-dealkylation sites (N-methyl/N-ethyl adjacent to an activating group) is 1. The van der Waals surface area contributed by atoms with Crippen molar-refractivity contribution in [2.45, 2.75) is 39.0 Å². The van der Waals surface area contributed by atoms with Crippen LogP contribution in [0.4, 0.5) is 4.79 Å². The third kappa shape index (κ3) is 6.08. The van der Waals surface area contributed by atoms with E-state index in [0.717, 1.165) is 70.6 Å². The number of piperidine rings is 1. The fourth-order valence-corrected chi connectivity index (χ4v) is 5.13. The molecular formula is C26H37N3O4. The lowest BCUT2D eigenvalue weighted by Crippen LogP contribution is -2.50. The Hall–Kier alpha value is -2.54. The highest BCUT2D eigenvalue weighted by Crippen LogP contribution is 2.32. The van der Waals surface area contributed by atoms with Crippen LogP contribution in [0.1, 0.15) is 44.6 Å². The van der Waals surface area contributed by atoms with Crippen molar-refractivity contribution in [2.75, 3.05) is 52.4 Å². The number of hydrogen-bond acceptors (Lipinski definition) is 4. The molecule has 0 radical (unpaired) electrons. The second kappa shape index (κ2) is 11.1. The van der Waals surface area contributed by atoms with E-state index in [4.69, 9.17) is 9.84 Å². The minimum Gasteiger partial charge on any atom is -0.493 e. The van der Waals surface area contributed by atoms with Gasteiger partial charge in [0.05, 0.1) is 6.61 Å². The van der Waals surface area contributed by atoms with Crippen molar-refractivity contribution in [1.29, 1.82) is 0 Å². The summed E-state index contributed by atoms with van der Waals surface area (Å²) in [6.07, 6.45) is 5.82. The number of carbonyl (C=O) groups is 2. The Labute approximate surface area is 197 Å². The van der Waals surface area contributed by atoms with Crippen molar-refractivity contribution >= 4 is 17.6 Å². The topological polar surface area (TPSA) is 73.3 Å². The number of likely N-dealkylation sites (tertiary alicyclic amines) is 1. The van der Waals surface area contributed by atoms with E-state index in [1.54, 1.807) is 0 Å². The van der Waals surface area contributed by atoms with E-state index in [1.165, 1.54) is 16.0 Å². The van der Waals surface area contributed by atoms with Gasteiger partial charge in [-0.15, -0.1) is 0 Å². The number of ether oxygens (including phenoxy) is 1. The monoisotopic (exact) mass is 455 g/mol. The summed E-state index contributed by atoms with van der Waals surface area (Å²) in [4.78, 5) is 29.9. The minimum atomic E-state index is -0.826. The Morgan fingerprint density at radius 3 is 2.24 bits per heavy atom. The first kappa shape index (κ1) is 23.6. The molecular weight excluding hydrogens is 418 g/mol. The van der Waals surface area contributed by atoms with Crippen LogP contribution in [0.15, 0.2) is 30.3 Å². The molecule has 7 nitrogen and oxygen atoms in total. The van der Waals surface area contributed by atoms with E-state index in [-0.39, 0.29) is 5.92 Å². The molecule has 2 amide bonds. The Morgan fingerprint density at radius 1 is 0.970 bits per heavy atom. The Balaban J connectivity index is 1.23. The molecule has 2 heterocycles. The van der Waals surface area contributed by atoms with Crippen LogP contribution in [-0.2, 0) is 4.79 Å². The molecule has 3 aliphatic rings. The van der Waals surface area contributed by atoms with Gasteiger partial charge in [0.15, 0.2) is 0 Å². The lowest BCUT2D eigenvalue weighted by atomic mass is 9.85. The second-order valence-electron chi connectivity index (χ2n) is 9.51. The van der Waals surface area contributed by atoms with Gasteiger partial charge in [0.2, 0.25) is 5.91 Å². The number of rotatable bonds is 6. The number of carbonyl (C=O) groups excluding carboxylic acids is 1. The Kier molecular flexibility index (Phi) is 7.91. The number of carboxylic acid groups (broad SMARTS) is 1. The fourth-order valence-electron chi connectivity index (χ4n) is 5.13. The maximum absolute atomic E-state index is 12.9. The number of benzene rings is 1. The molecule has 2 saturated heterocycles. The molecule has 2 fully saturated rings. The molecule has 0 bridgehead atoms. The van der Waals surface area contributed by atoms with Gasteiger partial charge in [0, 0.05) is 45.2 Å².